The molecule has 0 aromatic rings. The molecule has 0 aliphatic carbocycles. The van der Waals surface area contributed by atoms with E-state index in [4.69, 9.17) is 10.2 Å². The molecule has 0 atom stereocenters. The number of hydrogen-bond donors (Lipinski definition) is 3. The number of carbonyl (C=O) groups is 1. The summed E-state index contributed by atoms with van der Waals surface area (Å²) in [4.78, 5) is 10.8. The van der Waals surface area contributed by atoms with Crippen LogP contribution in [0.25, 0.3) is 0 Å². The van der Waals surface area contributed by atoms with Crippen LogP contribution in [0.5, 0.6) is 0 Å². The van der Waals surface area contributed by atoms with E-state index in [9.17, 15) is 4.79 Å². The molecule has 0 rings (SSSR count). The van der Waals surface area contributed by atoms with E-state index in [2.05, 4.69) is 10.1 Å². The monoisotopic (exact) mass is 177 g/mol. The second kappa shape index (κ2) is 5.79. The number of nitrogens with one attached hydrogen (secondary N) is 1. The second-order valence-electron chi connectivity index (χ2n) is 2.69. The molecule has 12 heavy (non-hydrogen) atoms. The third-order valence-electron chi connectivity index (χ3n) is 1.09. The fraction of sp³-hybridized carbons (Fsp3) is 0.857. The minimum Gasteiger partial charge on any atom is -0.441 e. The third kappa shape index (κ3) is 4.92. The Morgan fingerprint density at radius 3 is 2.25 bits per heavy atom. The van der Waals surface area contributed by atoms with Gasteiger partial charge in [0.15, 0.2) is 0 Å². The van der Waals surface area contributed by atoms with Gasteiger partial charge < -0.3 is 20.3 Å². The van der Waals surface area contributed by atoms with Gasteiger partial charge in [-0.15, -0.1) is 0 Å². The summed E-state index contributed by atoms with van der Waals surface area (Å²) in [5.74, 6) is 0. The first-order chi connectivity index (χ1) is 5.60. The number of rotatable bonds is 4. The van der Waals surface area contributed by atoms with E-state index in [0.29, 0.717) is 0 Å². The molecule has 0 aromatic heterocycles. The van der Waals surface area contributed by atoms with Crippen molar-refractivity contribution in [2.45, 2.75) is 26.0 Å². The minimum absolute atomic E-state index is 0.0180. The molecule has 0 radical (unpaired) electrons. The Bertz CT molecular complexity index is 133. The second-order valence-corrected chi connectivity index (χ2v) is 2.69. The molecule has 0 unspecified atom stereocenters. The van der Waals surface area contributed by atoms with Gasteiger partial charge >= 0.3 is 6.09 Å². The summed E-state index contributed by atoms with van der Waals surface area (Å²) in [6.45, 7) is 2.83. The van der Waals surface area contributed by atoms with E-state index in [1.807, 2.05) is 0 Å². The van der Waals surface area contributed by atoms with Gasteiger partial charge in [0.05, 0.1) is 13.2 Å². The van der Waals surface area contributed by atoms with Crippen molar-refractivity contribution in [2.24, 2.45) is 0 Å². The lowest BCUT2D eigenvalue weighted by Crippen LogP contribution is -2.36. The Morgan fingerprint density at radius 1 is 1.42 bits per heavy atom. The topological polar surface area (TPSA) is 78.8 Å². The SMILES string of the molecule is CC(C)NC(=O)OC(CO)CO. The Hall–Kier alpha value is -0.810. The molecule has 0 heterocycles. The summed E-state index contributed by atoms with van der Waals surface area (Å²) in [6, 6.07) is -0.0180. The molecule has 5 heteroatoms. The van der Waals surface area contributed by atoms with Crippen molar-refractivity contribution < 1.29 is 19.7 Å². The maximum absolute atomic E-state index is 10.8. The summed E-state index contributed by atoms with van der Waals surface area (Å²) < 4.78 is 4.61. The summed E-state index contributed by atoms with van der Waals surface area (Å²) in [7, 11) is 0. The van der Waals surface area contributed by atoms with Crippen LogP contribution < -0.4 is 5.32 Å². The molecule has 72 valence electrons. The van der Waals surface area contributed by atoms with Crippen LogP contribution >= 0.6 is 0 Å². The molecule has 3 N–H and O–H groups in total. The van der Waals surface area contributed by atoms with Crippen LogP contribution in [-0.2, 0) is 4.74 Å². The Balaban J connectivity index is 3.66. The number of amides is 1. The van der Waals surface area contributed by atoms with Crippen molar-refractivity contribution in [3.63, 3.8) is 0 Å². The lowest BCUT2D eigenvalue weighted by molar-refractivity contribution is 0.0214. The average molecular weight is 177 g/mol. The van der Waals surface area contributed by atoms with Crippen LogP contribution in [0.15, 0.2) is 0 Å². The largest absolute Gasteiger partial charge is 0.441 e. The van der Waals surface area contributed by atoms with Gasteiger partial charge in [-0.2, -0.15) is 0 Å². The number of alkyl carbamates (subject to hydrolysis) is 1. The third-order valence-corrected chi connectivity index (χ3v) is 1.09. The summed E-state index contributed by atoms with van der Waals surface area (Å²) in [5.41, 5.74) is 0. The van der Waals surface area contributed by atoms with Crippen molar-refractivity contribution in [2.75, 3.05) is 13.2 Å². The Labute approximate surface area is 71.3 Å². The fourth-order valence-electron chi connectivity index (χ4n) is 0.553. The van der Waals surface area contributed by atoms with Gasteiger partial charge in [-0.1, -0.05) is 0 Å². The minimum atomic E-state index is -0.830. The quantitative estimate of drug-likeness (QED) is 0.539. The lowest BCUT2D eigenvalue weighted by Gasteiger charge is -2.14. The molecule has 0 aliphatic heterocycles. The average Bonchev–Trinajstić information content (AvgIpc) is 1.98. The molecule has 1 amide bonds. The number of hydrogen-bond acceptors (Lipinski definition) is 4. The van der Waals surface area contributed by atoms with E-state index in [-0.39, 0.29) is 19.3 Å². The van der Waals surface area contributed by atoms with E-state index in [0.717, 1.165) is 0 Å². The number of aliphatic hydroxyl groups excluding tert-OH is 2. The predicted octanol–water partition coefficient (Wildman–Crippen LogP) is -0.526. The Kier molecular flexibility index (Phi) is 5.40. The van der Waals surface area contributed by atoms with E-state index in [1.165, 1.54) is 0 Å². The normalized spacial score (nSPS) is 10.5. The number of carbonyl (C=O) groups excluding carboxylic acids is 1. The van der Waals surface area contributed by atoms with Crippen LogP contribution in [0, 0.1) is 0 Å². The zero-order chi connectivity index (χ0) is 9.56. The number of ether oxygens (including phenoxy) is 1. The molecule has 5 nitrogen and oxygen atoms in total. The number of aliphatic hydroxyl groups is 2. The van der Waals surface area contributed by atoms with Gasteiger partial charge in [-0.3, -0.25) is 0 Å². The van der Waals surface area contributed by atoms with Crippen molar-refractivity contribution in [1.82, 2.24) is 5.32 Å². The van der Waals surface area contributed by atoms with Crippen molar-refractivity contribution >= 4 is 6.09 Å². The molecule has 0 spiro atoms. The van der Waals surface area contributed by atoms with Gasteiger partial charge in [0.1, 0.15) is 6.10 Å². The van der Waals surface area contributed by atoms with Gasteiger partial charge in [0.25, 0.3) is 0 Å². The molecule has 0 saturated carbocycles. The van der Waals surface area contributed by atoms with E-state index >= 15 is 0 Å². The van der Waals surface area contributed by atoms with Gasteiger partial charge in [-0.05, 0) is 13.8 Å². The summed E-state index contributed by atoms with van der Waals surface area (Å²) >= 11 is 0. The first-order valence-corrected chi connectivity index (χ1v) is 3.79. The summed E-state index contributed by atoms with van der Waals surface area (Å²) in [6.07, 6.45) is -1.46. The van der Waals surface area contributed by atoms with Gasteiger partial charge in [0, 0.05) is 6.04 Å². The highest BCUT2D eigenvalue weighted by Gasteiger charge is 2.12. The van der Waals surface area contributed by atoms with Crippen LogP contribution in [0.2, 0.25) is 0 Å². The summed E-state index contributed by atoms with van der Waals surface area (Å²) in [5, 5.41) is 19.5. The van der Waals surface area contributed by atoms with Crippen LogP contribution in [-0.4, -0.2) is 41.7 Å². The molecule has 0 aromatic carbocycles. The molecular formula is C7H15NO4. The van der Waals surface area contributed by atoms with Crippen LogP contribution in [0.4, 0.5) is 4.79 Å². The van der Waals surface area contributed by atoms with Crippen molar-refractivity contribution in [1.29, 1.82) is 0 Å². The predicted molar refractivity (Wildman–Crippen MR) is 42.7 cm³/mol. The molecule has 0 aliphatic rings. The lowest BCUT2D eigenvalue weighted by atomic mass is 10.4. The standard InChI is InChI=1S/C7H15NO4/c1-5(2)8-7(11)12-6(3-9)4-10/h5-6,9-10H,3-4H2,1-2H3,(H,8,11). The fourth-order valence-corrected chi connectivity index (χ4v) is 0.553. The first-order valence-electron chi connectivity index (χ1n) is 3.79. The zero-order valence-electron chi connectivity index (χ0n) is 7.28. The highest BCUT2D eigenvalue weighted by atomic mass is 16.6. The van der Waals surface area contributed by atoms with E-state index < -0.39 is 12.2 Å². The highest BCUT2D eigenvalue weighted by Crippen LogP contribution is 1.91. The van der Waals surface area contributed by atoms with Gasteiger partial charge in [0.2, 0.25) is 0 Å². The first kappa shape index (κ1) is 11.2. The molecule has 0 bridgehead atoms. The van der Waals surface area contributed by atoms with Gasteiger partial charge in [-0.25, -0.2) is 4.79 Å². The Morgan fingerprint density at radius 2 is 1.92 bits per heavy atom. The van der Waals surface area contributed by atoms with Crippen molar-refractivity contribution in [3.8, 4) is 0 Å². The van der Waals surface area contributed by atoms with E-state index in [1.54, 1.807) is 13.8 Å². The smallest absolute Gasteiger partial charge is 0.407 e. The molecular weight excluding hydrogens is 162 g/mol. The molecule has 0 saturated heterocycles. The zero-order valence-corrected chi connectivity index (χ0v) is 7.28. The highest BCUT2D eigenvalue weighted by molar-refractivity contribution is 5.67. The maximum Gasteiger partial charge on any atom is 0.407 e. The van der Waals surface area contributed by atoms with Crippen molar-refractivity contribution in [3.05, 3.63) is 0 Å². The molecule has 0 fully saturated rings. The van der Waals surface area contributed by atoms with Crippen LogP contribution in [0.1, 0.15) is 13.8 Å². The maximum atomic E-state index is 10.8. The van der Waals surface area contributed by atoms with Crippen LogP contribution in [0.3, 0.4) is 0 Å².